The third kappa shape index (κ3) is 4.32. The van der Waals surface area contributed by atoms with Crippen LogP contribution in [0.1, 0.15) is 49.6 Å². The smallest absolute Gasteiger partial charge is 0.255 e. The second-order valence-corrected chi connectivity index (χ2v) is 7.50. The fourth-order valence-corrected chi connectivity index (χ4v) is 4.18. The molecule has 2 aromatic rings. The van der Waals surface area contributed by atoms with E-state index in [0.717, 1.165) is 42.9 Å². The van der Waals surface area contributed by atoms with Crippen molar-refractivity contribution in [1.82, 2.24) is 20.9 Å². The Labute approximate surface area is 182 Å². The fourth-order valence-electron chi connectivity index (χ4n) is 4.18. The predicted octanol–water partition coefficient (Wildman–Crippen LogP) is 3.27. The minimum Gasteiger partial charge on any atom is -0.493 e. The second kappa shape index (κ2) is 9.53. The number of allylic oxidation sites excluding steroid dienone is 1. The maximum atomic E-state index is 14.0. The van der Waals surface area contributed by atoms with Crippen LogP contribution >= 0.6 is 12.4 Å². The Bertz CT molecular complexity index is 937. The molecule has 2 aliphatic rings. The molecule has 1 aromatic carbocycles. The van der Waals surface area contributed by atoms with Gasteiger partial charge >= 0.3 is 0 Å². The third-order valence-electron chi connectivity index (χ3n) is 5.56. The number of halogens is 2. The molecular formula is C22H28ClFN4O2. The molecule has 1 amide bonds. The molecule has 2 aliphatic heterocycles. The van der Waals surface area contributed by atoms with Gasteiger partial charge in [0.15, 0.2) is 0 Å². The first-order valence-electron chi connectivity index (χ1n) is 10.2. The quantitative estimate of drug-likeness (QED) is 0.582. The number of aromatic amines is 1. The van der Waals surface area contributed by atoms with Gasteiger partial charge in [0.25, 0.3) is 5.91 Å². The van der Waals surface area contributed by atoms with Gasteiger partial charge in [-0.1, -0.05) is 0 Å². The van der Waals surface area contributed by atoms with E-state index in [-0.39, 0.29) is 36.2 Å². The molecule has 30 heavy (non-hydrogen) atoms. The van der Waals surface area contributed by atoms with Crippen LogP contribution in [0.5, 0.6) is 5.75 Å². The summed E-state index contributed by atoms with van der Waals surface area (Å²) in [6.07, 6.45) is 3.66. The maximum absolute atomic E-state index is 14.0. The molecule has 0 radical (unpaired) electrons. The molecule has 1 aromatic heterocycles. The van der Waals surface area contributed by atoms with Crippen LogP contribution in [0.4, 0.5) is 4.39 Å². The lowest BCUT2D eigenvalue weighted by atomic mass is 9.90. The topological polar surface area (TPSA) is 78.2 Å². The number of ether oxygens (including phenoxy) is 1. The average molecular weight is 435 g/mol. The van der Waals surface area contributed by atoms with Gasteiger partial charge in [-0.2, -0.15) is 0 Å². The SMILES string of the molecule is CCOc1ccc(F)cc1C1NC(C)=C(C(=O)NC2CCNCC2)c2[nH]ccc21.Cl. The Morgan fingerprint density at radius 2 is 2.00 bits per heavy atom. The summed E-state index contributed by atoms with van der Waals surface area (Å²) in [7, 11) is 0. The second-order valence-electron chi connectivity index (χ2n) is 7.50. The molecule has 0 spiro atoms. The number of hydrogen-bond donors (Lipinski definition) is 4. The van der Waals surface area contributed by atoms with E-state index in [4.69, 9.17) is 4.74 Å². The van der Waals surface area contributed by atoms with Crippen LogP contribution < -0.4 is 20.7 Å². The summed E-state index contributed by atoms with van der Waals surface area (Å²) in [5.74, 6) is 0.223. The molecule has 4 rings (SSSR count). The average Bonchev–Trinajstić information content (AvgIpc) is 3.19. The Morgan fingerprint density at radius 3 is 2.73 bits per heavy atom. The van der Waals surface area contributed by atoms with Gasteiger partial charge in [-0.25, -0.2) is 4.39 Å². The highest BCUT2D eigenvalue weighted by Crippen LogP contribution is 2.39. The molecule has 1 atom stereocenters. The van der Waals surface area contributed by atoms with Gasteiger partial charge in [0.1, 0.15) is 11.6 Å². The van der Waals surface area contributed by atoms with Gasteiger partial charge in [-0.3, -0.25) is 4.79 Å². The number of amides is 1. The van der Waals surface area contributed by atoms with Gasteiger partial charge in [0.2, 0.25) is 0 Å². The van der Waals surface area contributed by atoms with Crippen LogP contribution in [0.25, 0.3) is 5.57 Å². The van der Waals surface area contributed by atoms with Crippen molar-refractivity contribution in [3.8, 4) is 5.75 Å². The van der Waals surface area contributed by atoms with E-state index in [2.05, 4.69) is 20.9 Å². The molecule has 1 unspecified atom stereocenters. The number of nitrogens with one attached hydrogen (secondary N) is 4. The normalized spacial score (nSPS) is 18.8. The van der Waals surface area contributed by atoms with Crippen LogP contribution in [0.3, 0.4) is 0 Å². The van der Waals surface area contributed by atoms with Crippen LogP contribution in [-0.2, 0) is 4.79 Å². The minimum absolute atomic E-state index is 0. The highest BCUT2D eigenvalue weighted by Gasteiger charge is 2.32. The molecule has 162 valence electrons. The molecule has 0 saturated carbocycles. The number of benzene rings is 1. The monoisotopic (exact) mass is 434 g/mol. The molecule has 8 heteroatoms. The highest BCUT2D eigenvalue weighted by molar-refractivity contribution is 6.20. The van der Waals surface area contributed by atoms with E-state index in [1.807, 2.05) is 26.1 Å². The van der Waals surface area contributed by atoms with Gasteiger partial charge in [-0.15, -0.1) is 12.4 Å². The Balaban J connectivity index is 0.00000256. The van der Waals surface area contributed by atoms with Crippen LogP contribution in [0.15, 0.2) is 36.2 Å². The molecule has 0 bridgehead atoms. The van der Waals surface area contributed by atoms with Gasteiger partial charge in [0, 0.05) is 29.1 Å². The highest BCUT2D eigenvalue weighted by atomic mass is 35.5. The molecule has 6 nitrogen and oxygen atoms in total. The molecular weight excluding hydrogens is 407 g/mol. The number of aromatic nitrogens is 1. The largest absolute Gasteiger partial charge is 0.493 e. The summed E-state index contributed by atoms with van der Waals surface area (Å²) in [6.45, 7) is 6.10. The zero-order valence-electron chi connectivity index (χ0n) is 17.2. The van der Waals surface area contributed by atoms with E-state index >= 15 is 0 Å². The minimum atomic E-state index is -0.321. The zero-order chi connectivity index (χ0) is 20.4. The summed E-state index contributed by atoms with van der Waals surface area (Å²) >= 11 is 0. The van der Waals surface area contributed by atoms with E-state index in [9.17, 15) is 9.18 Å². The lowest BCUT2D eigenvalue weighted by Gasteiger charge is -2.31. The number of piperidine rings is 1. The Morgan fingerprint density at radius 1 is 1.23 bits per heavy atom. The van der Waals surface area contributed by atoms with Gasteiger partial charge in [0.05, 0.1) is 23.9 Å². The standard InChI is InChI=1S/C22H27FN4O2.ClH/c1-3-29-18-5-4-14(23)12-17(18)20-16-8-11-25-21(16)19(13(2)26-20)22(28)27-15-6-9-24-10-7-15;/h4-5,8,11-12,15,20,24-26H,3,6-7,9-10H2,1-2H3,(H,27,28);1H. The summed E-state index contributed by atoms with van der Waals surface area (Å²) in [5.41, 5.74) is 3.74. The summed E-state index contributed by atoms with van der Waals surface area (Å²) in [6, 6.07) is 6.35. The van der Waals surface area contributed by atoms with Crippen molar-refractivity contribution in [2.75, 3.05) is 19.7 Å². The third-order valence-corrected chi connectivity index (χ3v) is 5.56. The molecule has 0 aliphatic carbocycles. The van der Waals surface area contributed by atoms with Crippen molar-refractivity contribution in [2.24, 2.45) is 0 Å². The summed E-state index contributed by atoms with van der Waals surface area (Å²) in [5, 5.41) is 9.88. The van der Waals surface area contributed by atoms with Crippen molar-refractivity contribution in [1.29, 1.82) is 0 Å². The number of fused-ring (bicyclic) bond motifs is 1. The van der Waals surface area contributed by atoms with Crippen molar-refractivity contribution in [3.05, 3.63) is 58.8 Å². The fraction of sp³-hybridized carbons (Fsp3) is 0.409. The lowest BCUT2D eigenvalue weighted by molar-refractivity contribution is -0.116. The molecule has 1 fully saturated rings. The van der Waals surface area contributed by atoms with Crippen molar-refractivity contribution in [3.63, 3.8) is 0 Å². The number of hydrogen-bond acceptors (Lipinski definition) is 4. The molecule has 1 saturated heterocycles. The number of carbonyl (C=O) groups is 1. The van der Waals surface area contributed by atoms with E-state index in [0.29, 0.717) is 23.5 Å². The van der Waals surface area contributed by atoms with E-state index in [1.165, 1.54) is 12.1 Å². The summed E-state index contributed by atoms with van der Waals surface area (Å²) in [4.78, 5) is 16.3. The Kier molecular flexibility index (Phi) is 7.05. The molecule has 3 heterocycles. The van der Waals surface area contributed by atoms with Crippen LogP contribution in [0.2, 0.25) is 0 Å². The zero-order valence-corrected chi connectivity index (χ0v) is 18.0. The Hall–Kier alpha value is -2.51. The predicted molar refractivity (Wildman–Crippen MR) is 117 cm³/mol. The number of rotatable bonds is 5. The molecule has 4 N–H and O–H groups in total. The first-order chi connectivity index (χ1) is 14.1. The van der Waals surface area contributed by atoms with Gasteiger partial charge in [-0.05, 0) is 64.0 Å². The van der Waals surface area contributed by atoms with E-state index < -0.39 is 0 Å². The number of H-pyrrole nitrogens is 1. The first-order valence-corrected chi connectivity index (χ1v) is 10.2. The van der Waals surface area contributed by atoms with Gasteiger partial charge < -0.3 is 25.7 Å². The van der Waals surface area contributed by atoms with E-state index in [1.54, 1.807) is 6.07 Å². The van der Waals surface area contributed by atoms with Crippen LogP contribution in [0, 0.1) is 5.82 Å². The van der Waals surface area contributed by atoms with Crippen molar-refractivity contribution >= 4 is 23.9 Å². The maximum Gasteiger partial charge on any atom is 0.255 e. The van der Waals surface area contributed by atoms with Crippen molar-refractivity contribution < 1.29 is 13.9 Å². The summed E-state index contributed by atoms with van der Waals surface area (Å²) < 4.78 is 19.8. The van der Waals surface area contributed by atoms with Crippen LogP contribution in [-0.4, -0.2) is 36.6 Å². The number of carbonyl (C=O) groups excluding carboxylic acids is 1. The lowest BCUT2D eigenvalue weighted by Crippen LogP contribution is -2.44. The first kappa shape index (κ1) is 22.2. The van der Waals surface area contributed by atoms with Crippen molar-refractivity contribution in [2.45, 2.75) is 38.8 Å².